The van der Waals surface area contributed by atoms with E-state index in [1.165, 1.54) is 0 Å². The second-order valence-corrected chi connectivity index (χ2v) is 3.62. The Hall–Kier alpha value is -2.22. The van der Waals surface area contributed by atoms with Crippen LogP contribution < -0.4 is 14.8 Å². The molecular formula is C13H16N2O3. The Balaban J connectivity index is 2.53. The topological polar surface area (TPSA) is 71.3 Å². The van der Waals surface area contributed by atoms with Crippen molar-refractivity contribution in [3.8, 4) is 17.6 Å². The SMILES string of the molecule is COc1ccc(CCNC(=O)CC#N)cc1OC. The van der Waals surface area contributed by atoms with Crippen LogP contribution >= 0.6 is 0 Å². The van der Waals surface area contributed by atoms with Crippen LogP contribution in [-0.4, -0.2) is 26.7 Å². The van der Waals surface area contributed by atoms with E-state index in [0.29, 0.717) is 24.5 Å². The molecule has 18 heavy (non-hydrogen) atoms. The summed E-state index contributed by atoms with van der Waals surface area (Å²) in [6.07, 6.45) is 0.573. The third-order valence-corrected chi connectivity index (χ3v) is 2.42. The monoisotopic (exact) mass is 248 g/mol. The molecular weight excluding hydrogens is 232 g/mol. The van der Waals surface area contributed by atoms with Gasteiger partial charge in [-0.15, -0.1) is 0 Å². The summed E-state index contributed by atoms with van der Waals surface area (Å²) in [6, 6.07) is 7.41. The Morgan fingerprint density at radius 2 is 2.06 bits per heavy atom. The summed E-state index contributed by atoms with van der Waals surface area (Å²) in [7, 11) is 3.16. The lowest BCUT2D eigenvalue weighted by atomic mass is 10.1. The summed E-state index contributed by atoms with van der Waals surface area (Å²) in [5.74, 6) is 1.09. The van der Waals surface area contributed by atoms with E-state index in [0.717, 1.165) is 5.56 Å². The van der Waals surface area contributed by atoms with Crippen molar-refractivity contribution in [3.05, 3.63) is 23.8 Å². The Labute approximate surface area is 106 Å². The third-order valence-electron chi connectivity index (χ3n) is 2.42. The van der Waals surface area contributed by atoms with Gasteiger partial charge in [-0.2, -0.15) is 5.26 Å². The fourth-order valence-corrected chi connectivity index (χ4v) is 1.52. The molecule has 0 aromatic heterocycles. The molecule has 0 saturated heterocycles. The van der Waals surface area contributed by atoms with Gasteiger partial charge < -0.3 is 14.8 Å². The van der Waals surface area contributed by atoms with Crippen molar-refractivity contribution < 1.29 is 14.3 Å². The molecule has 0 unspecified atom stereocenters. The predicted octanol–water partition coefficient (Wildman–Crippen LogP) is 1.28. The molecule has 96 valence electrons. The van der Waals surface area contributed by atoms with E-state index in [1.54, 1.807) is 20.3 Å². The van der Waals surface area contributed by atoms with Crippen molar-refractivity contribution in [2.45, 2.75) is 12.8 Å². The highest BCUT2D eigenvalue weighted by Gasteiger charge is 2.05. The smallest absolute Gasteiger partial charge is 0.234 e. The van der Waals surface area contributed by atoms with Crippen LogP contribution in [0.4, 0.5) is 0 Å². The zero-order valence-corrected chi connectivity index (χ0v) is 10.5. The molecule has 0 heterocycles. The van der Waals surface area contributed by atoms with Crippen LogP contribution in [0.1, 0.15) is 12.0 Å². The molecule has 5 heteroatoms. The summed E-state index contributed by atoms with van der Waals surface area (Å²) in [4.78, 5) is 11.1. The Morgan fingerprint density at radius 3 is 2.67 bits per heavy atom. The first-order chi connectivity index (χ1) is 8.71. The Kier molecular flexibility index (Phi) is 5.52. The predicted molar refractivity (Wildman–Crippen MR) is 66.5 cm³/mol. The highest BCUT2D eigenvalue weighted by molar-refractivity contribution is 5.77. The number of hydrogen-bond acceptors (Lipinski definition) is 4. The average molecular weight is 248 g/mol. The van der Waals surface area contributed by atoms with E-state index >= 15 is 0 Å². The Bertz CT molecular complexity index is 452. The van der Waals surface area contributed by atoms with Gasteiger partial charge in [0.2, 0.25) is 5.91 Å². The molecule has 5 nitrogen and oxygen atoms in total. The zero-order chi connectivity index (χ0) is 13.4. The Morgan fingerprint density at radius 1 is 1.33 bits per heavy atom. The highest BCUT2D eigenvalue weighted by Crippen LogP contribution is 2.27. The number of hydrogen-bond donors (Lipinski definition) is 1. The molecule has 1 rings (SSSR count). The van der Waals surface area contributed by atoms with Crippen LogP contribution in [0.5, 0.6) is 11.5 Å². The van der Waals surface area contributed by atoms with Gasteiger partial charge in [0, 0.05) is 6.54 Å². The molecule has 0 spiro atoms. The summed E-state index contributed by atoms with van der Waals surface area (Å²) >= 11 is 0. The first-order valence-electron chi connectivity index (χ1n) is 5.55. The number of ether oxygens (including phenoxy) is 2. The van der Waals surface area contributed by atoms with Crippen LogP contribution in [0, 0.1) is 11.3 Å². The van der Waals surface area contributed by atoms with Gasteiger partial charge in [-0.05, 0) is 24.1 Å². The largest absolute Gasteiger partial charge is 0.493 e. The summed E-state index contributed by atoms with van der Waals surface area (Å²) in [5.41, 5.74) is 1.03. The van der Waals surface area contributed by atoms with Gasteiger partial charge in [0.25, 0.3) is 0 Å². The molecule has 0 atom stereocenters. The normalized spacial score (nSPS) is 9.39. The number of nitrogens with one attached hydrogen (secondary N) is 1. The van der Waals surface area contributed by atoms with Crippen molar-refractivity contribution in [1.29, 1.82) is 5.26 Å². The molecule has 0 bridgehead atoms. The summed E-state index contributed by atoms with van der Waals surface area (Å²) in [6.45, 7) is 0.496. The quantitative estimate of drug-likeness (QED) is 0.823. The molecule has 1 aromatic rings. The molecule has 1 N–H and O–H groups in total. The van der Waals surface area contributed by atoms with Gasteiger partial charge >= 0.3 is 0 Å². The van der Waals surface area contributed by atoms with Crippen LogP contribution in [0.2, 0.25) is 0 Å². The zero-order valence-electron chi connectivity index (χ0n) is 10.5. The van der Waals surface area contributed by atoms with Gasteiger partial charge in [0.1, 0.15) is 6.42 Å². The molecule has 0 aliphatic heterocycles. The van der Waals surface area contributed by atoms with Crippen molar-refractivity contribution >= 4 is 5.91 Å². The lowest BCUT2D eigenvalue weighted by Gasteiger charge is -2.09. The van der Waals surface area contributed by atoms with Gasteiger partial charge in [0.05, 0.1) is 20.3 Å². The minimum absolute atomic E-state index is 0.105. The van der Waals surface area contributed by atoms with Crippen molar-refractivity contribution in [1.82, 2.24) is 5.32 Å². The summed E-state index contributed by atoms with van der Waals surface area (Å²) < 4.78 is 10.3. The van der Waals surface area contributed by atoms with Crippen LogP contribution in [0.15, 0.2) is 18.2 Å². The lowest BCUT2D eigenvalue weighted by molar-refractivity contribution is -0.120. The highest BCUT2D eigenvalue weighted by atomic mass is 16.5. The number of carbonyl (C=O) groups is 1. The number of nitrogens with zero attached hydrogens (tertiary/aromatic N) is 1. The first kappa shape index (κ1) is 13.8. The number of nitriles is 1. The molecule has 0 saturated carbocycles. The standard InChI is InChI=1S/C13H16N2O3/c1-17-11-4-3-10(9-12(11)18-2)6-8-15-13(16)5-7-14/h3-4,9H,5-6,8H2,1-2H3,(H,15,16). The van der Waals surface area contributed by atoms with Crippen LogP contribution in [-0.2, 0) is 11.2 Å². The van der Waals surface area contributed by atoms with Crippen molar-refractivity contribution in [2.75, 3.05) is 20.8 Å². The van der Waals surface area contributed by atoms with E-state index in [1.807, 2.05) is 18.2 Å². The number of benzene rings is 1. The molecule has 0 aliphatic carbocycles. The van der Waals surface area contributed by atoms with Crippen molar-refractivity contribution in [3.63, 3.8) is 0 Å². The number of methoxy groups -OCH3 is 2. The van der Waals surface area contributed by atoms with E-state index in [4.69, 9.17) is 14.7 Å². The maximum Gasteiger partial charge on any atom is 0.234 e. The van der Waals surface area contributed by atoms with E-state index in [-0.39, 0.29) is 12.3 Å². The van der Waals surface area contributed by atoms with Gasteiger partial charge in [-0.1, -0.05) is 6.07 Å². The maximum absolute atomic E-state index is 11.1. The number of rotatable bonds is 6. The summed E-state index contributed by atoms with van der Waals surface area (Å²) in [5, 5.41) is 11.0. The van der Waals surface area contributed by atoms with E-state index in [2.05, 4.69) is 5.32 Å². The average Bonchev–Trinajstić information content (AvgIpc) is 2.38. The minimum Gasteiger partial charge on any atom is -0.493 e. The second-order valence-electron chi connectivity index (χ2n) is 3.62. The van der Waals surface area contributed by atoms with Gasteiger partial charge in [-0.25, -0.2) is 0 Å². The number of amides is 1. The third kappa shape index (κ3) is 3.98. The molecule has 0 aliphatic rings. The maximum atomic E-state index is 11.1. The van der Waals surface area contributed by atoms with Gasteiger partial charge in [0.15, 0.2) is 11.5 Å². The molecule has 0 radical (unpaired) electrons. The van der Waals surface area contributed by atoms with Gasteiger partial charge in [-0.3, -0.25) is 4.79 Å². The van der Waals surface area contributed by atoms with E-state index < -0.39 is 0 Å². The fraction of sp³-hybridized carbons (Fsp3) is 0.385. The van der Waals surface area contributed by atoms with Crippen LogP contribution in [0.3, 0.4) is 0 Å². The van der Waals surface area contributed by atoms with Crippen molar-refractivity contribution in [2.24, 2.45) is 0 Å². The fourth-order valence-electron chi connectivity index (χ4n) is 1.52. The van der Waals surface area contributed by atoms with E-state index in [9.17, 15) is 4.79 Å². The first-order valence-corrected chi connectivity index (χ1v) is 5.55. The second kappa shape index (κ2) is 7.17. The molecule has 0 fully saturated rings. The molecule has 1 aromatic carbocycles. The van der Waals surface area contributed by atoms with Crippen LogP contribution in [0.25, 0.3) is 0 Å². The number of carbonyl (C=O) groups excluding carboxylic acids is 1. The lowest BCUT2D eigenvalue weighted by Crippen LogP contribution is -2.24. The minimum atomic E-state index is -0.252. The molecule has 1 amide bonds.